The van der Waals surface area contributed by atoms with E-state index in [4.69, 9.17) is 48.9 Å². The fraction of sp³-hybridized carbons (Fsp3) is 0.440. The summed E-state index contributed by atoms with van der Waals surface area (Å²) in [5.74, 6) is 2.84. The smallest absolute Gasteiger partial charge is 0.251 e. The molecule has 4 saturated heterocycles. The summed E-state index contributed by atoms with van der Waals surface area (Å²) < 4.78 is 22.6. The van der Waals surface area contributed by atoms with Gasteiger partial charge in [-0.15, -0.1) is 0 Å². The summed E-state index contributed by atoms with van der Waals surface area (Å²) in [6.45, 7) is 16.8. The van der Waals surface area contributed by atoms with E-state index in [2.05, 4.69) is 57.9 Å². The van der Waals surface area contributed by atoms with Crippen LogP contribution in [-0.4, -0.2) is 159 Å². The van der Waals surface area contributed by atoms with E-state index in [0.717, 1.165) is 71.1 Å². The van der Waals surface area contributed by atoms with Crippen LogP contribution in [0.25, 0.3) is 44.6 Å². The number of amides is 2. The Bertz CT molecular complexity index is 2590. The monoisotopic (exact) mass is 924 g/mol. The van der Waals surface area contributed by atoms with E-state index < -0.39 is 0 Å². The number of hydrogen-bond acceptors (Lipinski definition) is 16. The first kappa shape index (κ1) is 46.5. The Labute approximate surface area is 396 Å². The molecule has 6 aromatic rings. The second-order valence-corrected chi connectivity index (χ2v) is 17.6. The molecular formula is C50H60N12O6. The van der Waals surface area contributed by atoms with E-state index in [0.29, 0.717) is 87.2 Å². The maximum Gasteiger partial charge on any atom is 0.251 e. The molecule has 356 valence electrons. The van der Waals surface area contributed by atoms with Gasteiger partial charge in [0.2, 0.25) is 11.9 Å². The lowest BCUT2D eigenvalue weighted by atomic mass is 10.1. The summed E-state index contributed by atoms with van der Waals surface area (Å²) >= 11 is 0. The molecule has 8 heterocycles. The molecule has 0 saturated carbocycles. The van der Waals surface area contributed by atoms with E-state index in [-0.39, 0.29) is 36.0 Å². The summed E-state index contributed by atoms with van der Waals surface area (Å²) in [4.78, 5) is 63.0. The molecular weight excluding hydrogens is 865 g/mol. The van der Waals surface area contributed by atoms with Gasteiger partial charge >= 0.3 is 0 Å². The normalized spacial score (nSPS) is 21.0. The summed E-state index contributed by atoms with van der Waals surface area (Å²) in [5.41, 5.74) is 5.72. The molecule has 0 unspecified atom stereocenters. The molecule has 4 aliphatic heterocycles. The van der Waals surface area contributed by atoms with Gasteiger partial charge < -0.3 is 49.2 Å². The number of fused-ring (bicyclic) bond motifs is 2. The summed E-state index contributed by atoms with van der Waals surface area (Å²) in [6.07, 6.45) is 0. The fourth-order valence-corrected chi connectivity index (χ4v) is 9.04. The first-order chi connectivity index (χ1) is 33.1. The van der Waals surface area contributed by atoms with E-state index in [1.165, 1.54) is 0 Å². The highest BCUT2D eigenvalue weighted by molar-refractivity contribution is 5.97. The quantitative estimate of drug-likeness (QED) is 0.208. The molecule has 2 N–H and O–H groups in total. The van der Waals surface area contributed by atoms with Crippen molar-refractivity contribution in [3.63, 3.8) is 0 Å². The number of carbonyl (C=O) groups excluding carboxylic acids is 2. The zero-order valence-corrected chi connectivity index (χ0v) is 39.6. The SMILES string of the molecule is CNC(=O)c1cccc(-c2ccc3c(N4CCOC[C@@H]4C)nc(N4CCOC[C@@H]4C)nc3n2)c1.CNC(=O)c1cccc(-c2ccc3c(N4CCOC[C@@H]4C)nc(N4CCOC[C@@H]4C)nc3n2)c1. The summed E-state index contributed by atoms with van der Waals surface area (Å²) in [7, 11) is 3.25. The van der Waals surface area contributed by atoms with Crippen LogP contribution >= 0.6 is 0 Å². The van der Waals surface area contributed by atoms with Crippen LogP contribution in [0.4, 0.5) is 23.5 Å². The number of ether oxygens (including phenoxy) is 4. The Morgan fingerprint density at radius 3 is 1.21 bits per heavy atom. The minimum Gasteiger partial charge on any atom is -0.377 e. The lowest BCUT2D eigenvalue weighted by Crippen LogP contribution is -2.46. The Morgan fingerprint density at radius 1 is 0.485 bits per heavy atom. The van der Waals surface area contributed by atoms with Gasteiger partial charge in [0.1, 0.15) is 11.6 Å². The number of carbonyl (C=O) groups is 2. The molecule has 10 rings (SSSR count). The molecule has 18 nitrogen and oxygen atoms in total. The minimum atomic E-state index is -0.128. The second-order valence-electron chi connectivity index (χ2n) is 17.6. The minimum absolute atomic E-state index is 0.128. The Balaban J connectivity index is 0.000000170. The largest absolute Gasteiger partial charge is 0.377 e. The maximum atomic E-state index is 12.1. The van der Waals surface area contributed by atoms with Crippen molar-refractivity contribution in [3.8, 4) is 22.5 Å². The van der Waals surface area contributed by atoms with Crippen molar-refractivity contribution in [2.45, 2.75) is 51.9 Å². The van der Waals surface area contributed by atoms with Crippen LogP contribution in [0.1, 0.15) is 48.4 Å². The standard InChI is InChI=1S/2C25H30N6O3/c2*1-16-14-33-11-9-30(16)23-20-7-8-21(18-5-4-6-19(13-18)24(32)26-3)27-22(20)28-25(29-23)31-10-12-34-15-17(31)2/h2*4-8,13,16-17H,9-12,14-15H2,1-3H3,(H,26,32)/t2*16-,17-/m00/s1. The van der Waals surface area contributed by atoms with Gasteiger partial charge in [0.05, 0.1) is 99.2 Å². The zero-order chi connectivity index (χ0) is 47.3. The first-order valence-corrected chi connectivity index (χ1v) is 23.5. The van der Waals surface area contributed by atoms with Gasteiger partial charge in [-0.3, -0.25) is 9.59 Å². The molecule has 0 radical (unpaired) electrons. The lowest BCUT2D eigenvalue weighted by molar-refractivity contribution is 0.0955. The number of aromatic nitrogens is 6. The molecule has 4 aliphatic rings. The Hall–Kier alpha value is -6.60. The van der Waals surface area contributed by atoms with Crippen LogP contribution in [0, 0.1) is 0 Å². The highest BCUT2D eigenvalue weighted by Gasteiger charge is 2.30. The third-order valence-electron chi connectivity index (χ3n) is 12.9. The van der Waals surface area contributed by atoms with Crippen molar-refractivity contribution >= 4 is 57.4 Å². The van der Waals surface area contributed by atoms with E-state index >= 15 is 0 Å². The number of hydrogen-bond donors (Lipinski definition) is 2. The van der Waals surface area contributed by atoms with Crippen LogP contribution in [0.15, 0.2) is 72.8 Å². The average molecular weight is 925 g/mol. The van der Waals surface area contributed by atoms with Crippen LogP contribution in [0.3, 0.4) is 0 Å². The van der Waals surface area contributed by atoms with Crippen molar-refractivity contribution in [2.24, 2.45) is 0 Å². The lowest BCUT2D eigenvalue weighted by Gasteiger charge is -2.37. The molecule has 0 spiro atoms. The number of nitrogens with one attached hydrogen (secondary N) is 2. The number of rotatable bonds is 8. The van der Waals surface area contributed by atoms with Gasteiger partial charge in [-0.25, -0.2) is 9.97 Å². The van der Waals surface area contributed by atoms with Gasteiger partial charge in [-0.2, -0.15) is 19.9 Å². The van der Waals surface area contributed by atoms with Crippen LogP contribution in [0.2, 0.25) is 0 Å². The molecule has 0 aliphatic carbocycles. The maximum absolute atomic E-state index is 12.1. The van der Waals surface area contributed by atoms with Crippen LogP contribution in [0.5, 0.6) is 0 Å². The molecule has 2 aromatic carbocycles. The third kappa shape index (κ3) is 9.85. The van der Waals surface area contributed by atoms with Gasteiger partial charge in [0, 0.05) is 62.5 Å². The molecule has 4 atom stereocenters. The number of pyridine rings is 2. The number of nitrogens with zero attached hydrogens (tertiary/aromatic N) is 10. The van der Waals surface area contributed by atoms with Gasteiger partial charge in [0.25, 0.3) is 11.8 Å². The molecule has 4 fully saturated rings. The number of anilines is 4. The third-order valence-corrected chi connectivity index (χ3v) is 12.9. The van der Waals surface area contributed by atoms with Crippen molar-refractivity contribution < 1.29 is 28.5 Å². The summed E-state index contributed by atoms with van der Waals surface area (Å²) in [5, 5.41) is 7.16. The predicted octanol–water partition coefficient (Wildman–Crippen LogP) is 5.00. The van der Waals surface area contributed by atoms with E-state index in [9.17, 15) is 9.59 Å². The van der Waals surface area contributed by atoms with Crippen molar-refractivity contribution in [2.75, 3.05) is 113 Å². The van der Waals surface area contributed by atoms with Crippen molar-refractivity contribution in [3.05, 3.63) is 83.9 Å². The topological polar surface area (TPSA) is 185 Å². The van der Waals surface area contributed by atoms with Crippen molar-refractivity contribution in [1.82, 2.24) is 40.5 Å². The van der Waals surface area contributed by atoms with Crippen LogP contribution in [-0.2, 0) is 18.9 Å². The van der Waals surface area contributed by atoms with E-state index in [1.807, 2.05) is 60.7 Å². The zero-order valence-electron chi connectivity index (χ0n) is 39.6. The molecule has 2 amide bonds. The average Bonchev–Trinajstić information content (AvgIpc) is 3.38. The van der Waals surface area contributed by atoms with Gasteiger partial charge in [-0.1, -0.05) is 24.3 Å². The van der Waals surface area contributed by atoms with Crippen LogP contribution < -0.4 is 30.2 Å². The number of morpholine rings is 4. The molecule has 18 heteroatoms. The summed E-state index contributed by atoms with van der Waals surface area (Å²) in [6, 6.07) is 23.7. The van der Waals surface area contributed by atoms with Crippen molar-refractivity contribution in [1.29, 1.82) is 0 Å². The first-order valence-electron chi connectivity index (χ1n) is 23.5. The Morgan fingerprint density at radius 2 is 0.853 bits per heavy atom. The molecule has 4 aromatic heterocycles. The highest BCUT2D eigenvalue weighted by Crippen LogP contribution is 2.33. The number of benzene rings is 2. The van der Waals surface area contributed by atoms with E-state index in [1.54, 1.807) is 26.2 Å². The highest BCUT2D eigenvalue weighted by atomic mass is 16.5. The molecule has 0 bridgehead atoms. The fourth-order valence-electron chi connectivity index (χ4n) is 9.04. The van der Waals surface area contributed by atoms with Gasteiger partial charge in [-0.05, 0) is 76.2 Å². The second kappa shape index (κ2) is 20.7. The van der Waals surface area contributed by atoms with Gasteiger partial charge in [0.15, 0.2) is 11.3 Å². The Kier molecular flexibility index (Phi) is 14.2. The predicted molar refractivity (Wildman–Crippen MR) is 263 cm³/mol. The molecule has 68 heavy (non-hydrogen) atoms.